The Morgan fingerprint density at radius 2 is 2.04 bits per heavy atom. The van der Waals surface area contributed by atoms with Crippen LogP contribution in [0.5, 0.6) is 5.75 Å². The van der Waals surface area contributed by atoms with E-state index in [-0.39, 0.29) is 5.91 Å². The molecule has 1 heterocycles. The molecule has 0 atom stereocenters. The second-order valence-electron chi connectivity index (χ2n) is 5.24. The fraction of sp³-hybridized carbons (Fsp3) is 0.412. The number of rotatable bonds is 8. The molecule has 5 nitrogen and oxygen atoms in total. The fourth-order valence-corrected chi connectivity index (χ4v) is 2.69. The van der Waals surface area contributed by atoms with E-state index in [0.717, 1.165) is 22.9 Å². The van der Waals surface area contributed by atoms with E-state index in [1.807, 2.05) is 24.4 Å². The maximum Gasteiger partial charge on any atom is 0.253 e. The first-order valence-electron chi connectivity index (χ1n) is 7.48. The van der Waals surface area contributed by atoms with Crippen LogP contribution in [0, 0.1) is 6.92 Å². The van der Waals surface area contributed by atoms with Crippen LogP contribution in [0.4, 0.5) is 0 Å². The molecule has 0 aliphatic heterocycles. The number of aryl methyl sites for hydroxylation is 1. The number of hydrogen-bond acceptors (Lipinski definition) is 5. The van der Waals surface area contributed by atoms with Crippen molar-refractivity contribution < 1.29 is 14.3 Å². The lowest BCUT2D eigenvalue weighted by Gasteiger charge is -2.17. The molecule has 2 aromatic rings. The van der Waals surface area contributed by atoms with Crippen molar-refractivity contribution in [1.29, 1.82) is 0 Å². The van der Waals surface area contributed by atoms with Crippen LogP contribution in [0.3, 0.4) is 0 Å². The number of ether oxygens (including phenoxy) is 2. The van der Waals surface area contributed by atoms with Crippen LogP contribution in [0.15, 0.2) is 29.6 Å². The summed E-state index contributed by atoms with van der Waals surface area (Å²) < 4.78 is 10.7. The monoisotopic (exact) mass is 334 g/mol. The van der Waals surface area contributed by atoms with E-state index < -0.39 is 0 Å². The molecule has 1 amide bonds. The summed E-state index contributed by atoms with van der Waals surface area (Å²) in [6, 6.07) is 7.21. The number of aromatic nitrogens is 1. The van der Waals surface area contributed by atoms with E-state index in [9.17, 15) is 4.79 Å². The normalized spacial score (nSPS) is 10.6. The Hall–Kier alpha value is -1.92. The Labute approximate surface area is 140 Å². The highest BCUT2D eigenvalue weighted by atomic mass is 32.1. The molecule has 0 aliphatic carbocycles. The third-order valence-electron chi connectivity index (χ3n) is 3.34. The number of carbonyl (C=O) groups excluding carboxylic acids is 1. The zero-order chi connectivity index (χ0) is 16.7. The van der Waals surface area contributed by atoms with Gasteiger partial charge in [-0.2, -0.15) is 0 Å². The van der Waals surface area contributed by atoms with Crippen molar-refractivity contribution in [3.05, 3.63) is 45.9 Å². The van der Waals surface area contributed by atoms with Crippen LogP contribution >= 0.6 is 11.3 Å². The van der Waals surface area contributed by atoms with Crippen LogP contribution in [0.1, 0.15) is 27.5 Å². The van der Waals surface area contributed by atoms with Gasteiger partial charge in [0.25, 0.3) is 5.91 Å². The third-order valence-corrected chi connectivity index (χ3v) is 4.17. The van der Waals surface area contributed by atoms with E-state index in [0.29, 0.717) is 25.3 Å². The average Bonchev–Trinajstić information content (AvgIpc) is 2.98. The first-order chi connectivity index (χ1) is 11.1. The number of hydrogen-bond donors (Lipinski definition) is 0. The number of thiazole rings is 1. The van der Waals surface area contributed by atoms with Gasteiger partial charge in [0.1, 0.15) is 12.4 Å². The van der Waals surface area contributed by atoms with Gasteiger partial charge in [0, 0.05) is 38.3 Å². The predicted molar refractivity (Wildman–Crippen MR) is 91.1 cm³/mol. The summed E-state index contributed by atoms with van der Waals surface area (Å²) in [7, 11) is 3.46. The van der Waals surface area contributed by atoms with Crippen molar-refractivity contribution in [3.8, 4) is 5.75 Å². The highest BCUT2D eigenvalue weighted by Crippen LogP contribution is 2.16. The van der Waals surface area contributed by atoms with Crippen molar-refractivity contribution in [2.45, 2.75) is 20.0 Å². The number of benzene rings is 1. The minimum Gasteiger partial charge on any atom is -0.487 e. The number of nitrogens with zero attached hydrogens (tertiary/aromatic N) is 2. The molecule has 124 valence electrons. The quantitative estimate of drug-likeness (QED) is 0.696. The van der Waals surface area contributed by atoms with Crippen LogP contribution in [0.25, 0.3) is 0 Å². The summed E-state index contributed by atoms with van der Waals surface area (Å²) in [4.78, 5) is 18.3. The molecule has 1 aromatic carbocycles. The Morgan fingerprint density at radius 3 is 2.65 bits per heavy atom. The van der Waals surface area contributed by atoms with E-state index in [1.54, 1.807) is 42.5 Å². The van der Waals surface area contributed by atoms with Crippen molar-refractivity contribution in [2.75, 3.05) is 27.3 Å². The van der Waals surface area contributed by atoms with Gasteiger partial charge in [-0.15, -0.1) is 11.3 Å². The van der Waals surface area contributed by atoms with Crippen LogP contribution in [-0.4, -0.2) is 43.1 Å². The minimum atomic E-state index is 0.00257. The molecule has 0 saturated carbocycles. The van der Waals surface area contributed by atoms with E-state index in [2.05, 4.69) is 4.98 Å². The molecule has 0 aliphatic rings. The zero-order valence-corrected chi connectivity index (χ0v) is 14.6. The lowest BCUT2D eigenvalue weighted by Crippen LogP contribution is -2.28. The lowest BCUT2D eigenvalue weighted by molar-refractivity contribution is 0.0779. The van der Waals surface area contributed by atoms with E-state index >= 15 is 0 Å². The van der Waals surface area contributed by atoms with Crippen molar-refractivity contribution >= 4 is 17.2 Å². The Balaban J connectivity index is 1.86. The number of carbonyl (C=O) groups is 1. The molecule has 1 aromatic heterocycles. The summed E-state index contributed by atoms with van der Waals surface area (Å²) in [5.41, 5.74) is 1.58. The summed E-state index contributed by atoms with van der Waals surface area (Å²) in [6.07, 6.45) is 0.826. The van der Waals surface area contributed by atoms with Crippen LogP contribution in [0.2, 0.25) is 0 Å². The second kappa shape index (κ2) is 8.64. The largest absolute Gasteiger partial charge is 0.487 e. The fourth-order valence-electron chi connectivity index (χ4n) is 2.09. The van der Waals surface area contributed by atoms with Gasteiger partial charge in [0.15, 0.2) is 0 Å². The van der Waals surface area contributed by atoms with Gasteiger partial charge < -0.3 is 14.4 Å². The SMILES string of the molecule is COCCCN(C)C(=O)c1ccc(OCc2csc(C)n2)cc1. The molecule has 0 fully saturated rings. The Morgan fingerprint density at radius 1 is 1.30 bits per heavy atom. The van der Waals surface area contributed by atoms with Gasteiger partial charge in [-0.3, -0.25) is 4.79 Å². The average molecular weight is 334 g/mol. The van der Waals surface area contributed by atoms with Crippen molar-refractivity contribution in [3.63, 3.8) is 0 Å². The highest BCUT2D eigenvalue weighted by molar-refractivity contribution is 7.09. The third kappa shape index (κ3) is 5.33. The van der Waals surface area contributed by atoms with Gasteiger partial charge in [0.05, 0.1) is 10.7 Å². The zero-order valence-electron chi connectivity index (χ0n) is 13.7. The molecule has 0 bridgehead atoms. The van der Waals surface area contributed by atoms with E-state index in [1.165, 1.54) is 0 Å². The summed E-state index contributed by atoms with van der Waals surface area (Å²) in [5.74, 6) is 0.733. The number of amides is 1. The number of methoxy groups -OCH3 is 1. The maximum absolute atomic E-state index is 12.3. The van der Waals surface area contributed by atoms with Gasteiger partial charge >= 0.3 is 0 Å². The molecule has 6 heteroatoms. The smallest absolute Gasteiger partial charge is 0.253 e. The molecule has 0 N–H and O–H groups in total. The lowest BCUT2D eigenvalue weighted by atomic mass is 10.2. The van der Waals surface area contributed by atoms with Crippen LogP contribution < -0.4 is 4.74 Å². The van der Waals surface area contributed by atoms with Gasteiger partial charge in [-0.05, 0) is 37.6 Å². The summed E-state index contributed by atoms with van der Waals surface area (Å²) >= 11 is 1.61. The molecule has 0 saturated heterocycles. The minimum absolute atomic E-state index is 0.00257. The summed E-state index contributed by atoms with van der Waals surface area (Å²) in [6.45, 7) is 3.74. The first kappa shape index (κ1) is 17.4. The standard InChI is InChI=1S/C17H22N2O3S/c1-13-18-15(12-23-13)11-22-16-7-5-14(6-8-16)17(20)19(2)9-4-10-21-3/h5-8,12H,4,9-11H2,1-3H3. The van der Waals surface area contributed by atoms with Gasteiger partial charge in [-0.25, -0.2) is 4.98 Å². The molecule has 0 radical (unpaired) electrons. The molecule has 2 rings (SSSR count). The molecule has 23 heavy (non-hydrogen) atoms. The van der Waals surface area contributed by atoms with Crippen molar-refractivity contribution in [2.24, 2.45) is 0 Å². The topological polar surface area (TPSA) is 51.7 Å². The summed E-state index contributed by atoms with van der Waals surface area (Å²) in [5, 5.41) is 3.02. The van der Waals surface area contributed by atoms with Crippen LogP contribution in [-0.2, 0) is 11.3 Å². The van der Waals surface area contributed by atoms with Gasteiger partial charge in [-0.1, -0.05) is 0 Å². The predicted octanol–water partition coefficient (Wildman–Crippen LogP) is 3.14. The molecular weight excluding hydrogens is 312 g/mol. The second-order valence-corrected chi connectivity index (χ2v) is 6.31. The maximum atomic E-state index is 12.3. The van der Waals surface area contributed by atoms with E-state index in [4.69, 9.17) is 9.47 Å². The van der Waals surface area contributed by atoms with Crippen molar-refractivity contribution in [1.82, 2.24) is 9.88 Å². The highest BCUT2D eigenvalue weighted by Gasteiger charge is 2.11. The molecular formula is C17H22N2O3S. The first-order valence-corrected chi connectivity index (χ1v) is 8.36. The molecule has 0 unspecified atom stereocenters. The van der Waals surface area contributed by atoms with Gasteiger partial charge in [0.2, 0.25) is 0 Å². The Bertz CT molecular complexity index is 625. The Kier molecular flexibility index (Phi) is 6.55. The molecule has 0 spiro atoms.